The zero-order chi connectivity index (χ0) is 16.1. The maximum atomic E-state index is 11.9. The Morgan fingerprint density at radius 1 is 1.32 bits per heavy atom. The molecule has 0 saturated heterocycles. The van der Waals surface area contributed by atoms with E-state index in [4.69, 9.17) is 27.9 Å². The molecule has 1 aliphatic carbocycles. The van der Waals surface area contributed by atoms with Crippen molar-refractivity contribution < 1.29 is 14.3 Å². The molecule has 0 aromatic heterocycles. The number of hydrogen-bond donors (Lipinski definition) is 1. The predicted molar refractivity (Wildman–Crippen MR) is 87.3 cm³/mol. The van der Waals surface area contributed by atoms with Crippen LogP contribution in [0.15, 0.2) is 24.3 Å². The van der Waals surface area contributed by atoms with E-state index in [9.17, 15) is 9.59 Å². The number of carbonyl (C=O) groups excluding carboxylic acids is 2. The molecule has 1 aromatic rings. The average Bonchev–Trinajstić information content (AvgIpc) is 2.53. The van der Waals surface area contributed by atoms with Crippen molar-refractivity contribution in [3.05, 3.63) is 39.9 Å². The molecule has 0 saturated carbocycles. The van der Waals surface area contributed by atoms with Gasteiger partial charge in [-0.15, -0.1) is 0 Å². The van der Waals surface area contributed by atoms with Gasteiger partial charge in [-0.1, -0.05) is 41.4 Å². The number of amides is 1. The van der Waals surface area contributed by atoms with E-state index in [1.807, 2.05) is 19.1 Å². The van der Waals surface area contributed by atoms with Crippen molar-refractivity contribution in [2.45, 2.75) is 26.2 Å². The van der Waals surface area contributed by atoms with Gasteiger partial charge in [0.2, 0.25) is 0 Å². The van der Waals surface area contributed by atoms with Crippen molar-refractivity contribution in [3.63, 3.8) is 0 Å². The summed E-state index contributed by atoms with van der Waals surface area (Å²) in [6, 6.07) is 3.41. The molecule has 22 heavy (non-hydrogen) atoms. The Hall–Kier alpha value is -1.52. The SMILES string of the molecule is Cc1ccc(Cl)c(NC(=O)COC(=O)C2CC=CCC2)c1Cl. The molecular formula is C16H17Cl2NO3. The van der Waals surface area contributed by atoms with E-state index in [0.717, 1.165) is 18.4 Å². The third kappa shape index (κ3) is 4.24. The minimum Gasteiger partial charge on any atom is -0.455 e. The highest BCUT2D eigenvalue weighted by atomic mass is 35.5. The molecule has 1 aromatic carbocycles. The van der Waals surface area contributed by atoms with Crippen molar-refractivity contribution in [3.8, 4) is 0 Å². The molecule has 0 spiro atoms. The van der Waals surface area contributed by atoms with Crippen LogP contribution in [0.5, 0.6) is 0 Å². The number of rotatable bonds is 4. The molecule has 118 valence electrons. The largest absolute Gasteiger partial charge is 0.455 e. The first-order valence-electron chi connectivity index (χ1n) is 7.05. The van der Waals surface area contributed by atoms with E-state index in [1.165, 1.54) is 0 Å². The van der Waals surface area contributed by atoms with Gasteiger partial charge in [-0.05, 0) is 37.8 Å². The van der Waals surface area contributed by atoms with Crippen molar-refractivity contribution >= 4 is 40.8 Å². The summed E-state index contributed by atoms with van der Waals surface area (Å²) in [5.41, 5.74) is 1.14. The molecule has 0 radical (unpaired) electrons. The lowest BCUT2D eigenvalue weighted by atomic mass is 9.95. The second kappa shape index (κ2) is 7.65. The Morgan fingerprint density at radius 2 is 2.09 bits per heavy atom. The molecular weight excluding hydrogens is 325 g/mol. The van der Waals surface area contributed by atoms with Gasteiger partial charge in [-0.25, -0.2) is 0 Å². The van der Waals surface area contributed by atoms with E-state index in [2.05, 4.69) is 5.32 Å². The molecule has 6 heteroatoms. The summed E-state index contributed by atoms with van der Waals surface area (Å²) in [5.74, 6) is -0.973. The van der Waals surface area contributed by atoms with Gasteiger partial charge >= 0.3 is 5.97 Å². The van der Waals surface area contributed by atoms with Gasteiger partial charge < -0.3 is 10.1 Å². The quantitative estimate of drug-likeness (QED) is 0.661. The number of carbonyl (C=O) groups is 2. The summed E-state index contributed by atoms with van der Waals surface area (Å²) >= 11 is 12.1. The summed E-state index contributed by atoms with van der Waals surface area (Å²) in [4.78, 5) is 23.8. The summed E-state index contributed by atoms with van der Waals surface area (Å²) in [6.07, 6.45) is 6.28. The number of esters is 1. The van der Waals surface area contributed by atoms with Crippen LogP contribution in [0.3, 0.4) is 0 Å². The van der Waals surface area contributed by atoms with Crippen LogP contribution in [0.25, 0.3) is 0 Å². The lowest BCUT2D eigenvalue weighted by Gasteiger charge is -2.16. The van der Waals surface area contributed by atoms with E-state index >= 15 is 0 Å². The highest BCUT2D eigenvalue weighted by Crippen LogP contribution is 2.32. The number of halogens is 2. The van der Waals surface area contributed by atoms with Gasteiger partial charge in [-0.2, -0.15) is 0 Å². The van der Waals surface area contributed by atoms with Crippen LogP contribution in [0.2, 0.25) is 10.0 Å². The summed E-state index contributed by atoms with van der Waals surface area (Å²) in [6.45, 7) is 1.46. The lowest BCUT2D eigenvalue weighted by Crippen LogP contribution is -2.25. The Bertz CT molecular complexity index is 614. The standard InChI is InChI=1S/C16H17Cl2NO3/c1-10-7-8-12(17)15(14(10)18)19-13(20)9-22-16(21)11-5-3-2-4-6-11/h2-3,7-8,11H,4-6,9H2,1H3,(H,19,20). The van der Waals surface area contributed by atoms with Crippen LogP contribution in [0, 0.1) is 12.8 Å². The zero-order valence-corrected chi connectivity index (χ0v) is 13.7. The number of ether oxygens (including phenoxy) is 1. The summed E-state index contributed by atoms with van der Waals surface area (Å²) < 4.78 is 5.05. The van der Waals surface area contributed by atoms with Gasteiger partial charge in [0.15, 0.2) is 6.61 Å². The van der Waals surface area contributed by atoms with Gasteiger partial charge in [0.1, 0.15) is 0 Å². The van der Waals surface area contributed by atoms with Crippen LogP contribution in [-0.4, -0.2) is 18.5 Å². The van der Waals surface area contributed by atoms with Crippen LogP contribution in [-0.2, 0) is 14.3 Å². The van der Waals surface area contributed by atoms with Crippen molar-refractivity contribution in [2.75, 3.05) is 11.9 Å². The molecule has 1 unspecified atom stereocenters. The number of nitrogens with one attached hydrogen (secondary N) is 1. The first kappa shape index (κ1) is 16.8. The number of aryl methyl sites for hydroxylation is 1. The summed E-state index contributed by atoms with van der Waals surface area (Å²) in [5, 5.41) is 3.30. The molecule has 0 heterocycles. The number of allylic oxidation sites excluding steroid dienone is 2. The Balaban J connectivity index is 1.89. The predicted octanol–water partition coefficient (Wildman–Crippen LogP) is 4.14. The maximum Gasteiger partial charge on any atom is 0.309 e. The van der Waals surface area contributed by atoms with Crippen molar-refractivity contribution in [1.82, 2.24) is 0 Å². The minimum absolute atomic E-state index is 0.163. The smallest absolute Gasteiger partial charge is 0.309 e. The molecule has 1 aliphatic rings. The van der Waals surface area contributed by atoms with Crippen LogP contribution in [0.1, 0.15) is 24.8 Å². The summed E-state index contributed by atoms with van der Waals surface area (Å²) in [7, 11) is 0. The van der Waals surface area contributed by atoms with Gasteiger partial charge in [-0.3, -0.25) is 9.59 Å². The lowest BCUT2D eigenvalue weighted by molar-refractivity contribution is -0.151. The minimum atomic E-state index is -0.464. The van der Waals surface area contributed by atoms with E-state index in [0.29, 0.717) is 22.2 Å². The first-order valence-corrected chi connectivity index (χ1v) is 7.80. The molecule has 1 N–H and O–H groups in total. The van der Waals surface area contributed by atoms with Crippen molar-refractivity contribution in [1.29, 1.82) is 0 Å². The zero-order valence-electron chi connectivity index (χ0n) is 12.2. The Kier molecular flexibility index (Phi) is 5.86. The highest BCUT2D eigenvalue weighted by Gasteiger charge is 2.21. The molecule has 1 atom stereocenters. The first-order chi connectivity index (χ1) is 10.5. The third-order valence-electron chi connectivity index (χ3n) is 3.50. The number of hydrogen-bond acceptors (Lipinski definition) is 3. The van der Waals surface area contributed by atoms with Gasteiger partial charge in [0.05, 0.1) is 21.7 Å². The molecule has 0 fully saturated rings. The topological polar surface area (TPSA) is 55.4 Å². The number of benzene rings is 1. The van der Waals surface area contributed by atoms with Crippen LogP contribution in [0.4, 0.5) is 5.69 Å². The van der Waals surface area contributed by atoms with Crippen LogP contribution >= 0.6 is 23.2 Å². The van der Waals surface area contributed by atoms with Gasteiger partial charge in [0, 0.05) is 0 Å². The van der Waals surface area contributed by atoms with Crippen molar-refractivity contribution in [2.24, 2.45) is 5.92 Å². The van der Waals surface area contributed by atoms with E-state index in [1.54, 1.807) is 12.1 Å². The number of anilines is 1. The molecule has 0 bridgehead atoms. The fourth-order valence-electron chi connectivity index (χ4n) is 2.21. The second-order valence-corrected chi connectivity index (χ2v) is 5.98. The Morgan fingerprint density at radius 3 is 2.77 bits per heavy atom. The molecule has 1 amide bonds. The molecule has 0 aliphatic heterocycles. The highest BCUT2D eigenvalue weighted by molar-refractivity contribution is 6.40. The van der Waals surface area contributed by atoms with Crippen LogP contribution < -0.4 is 5.32 Å². The molecule has 2 rings (SSSR count). The van der Waals surface area contributed by atoms with Gasteiger partial charge in [0.25, 0.3) is 5.91 Å². The van der Waals surface area contributed by atoms with E-state index in [-0.39, 0.29) is 18.5 Å². The second-order valence-electron chi connectivity index (χ2n) is 5.19. The fraction of sp³-hybridized carbons (Fsp3) is 0.375. The maximum absolute atomic E-state index is 11.9. The fourth-order valence-corrected chi connectivity index (χ4v) is 2.67. The molecule has 4 nitrogen and oxygen atoms in total. The average molecular weight is 342 g/mol. The van der Waals surface area contributed by atoms with E-state index < -0.39 is 5.91 Å². The third-order valence-corrected chi connectivity index (χ3v) is 4.30. The monoisotopic (exact) mass is 341 g/mol. The Labute approximate surface area is 139 Å². The normalized spacial score (nSPS) is 17.1.